The van der Waals surface area contributed by atoms with Crippen LogP contribution in [-0.2, 0) is 28.3 Å². The number of benzene rings is 4. The van der Waals surface area contributed by atoms with Gasteiger partial charge in [0.2, 0.25) is 0 Å². The second-order valence-corrected chi connectivity index (χ2v) is 12.6. The van der Waals surface area contributed by atoms with Crippen LogP contribution in [0.1, 0.15) is 58.2 Å². The van der Waals surface area contributed by atoms with E-state index < -0.39 is 11.5 Å². The highest BCUT2D eigenvalue weighted by Gasteiger charge is 2.42. The van der Waals surface area contributed by atoms with Crippen molar-refractivity contribution in [2.45, 2.75) is 38.3 Å². The molecule has 0 amide bonds. The molecule has 10 heteroatoms. The summed E-state index contributed by atoms with van der Waals surface area (Å²) in [6, 6.07) is 45.8. The Labute approximate surface area is 307 Å². The first-order valence-electron chi connectivity index (χ1n) is 17.5. The Morgan fingerprint density at radius 2 is 1.36 bits per heavy atom. The van der Waals surface area contributed by atoms with Crippen molar-refractivity contribution < 1.29 is 14.6 Å². The van der Waals surface area contributed by atoms with Gasteiger partial charge >= 0.3 is 5.97 Å². The van der Waals surface area contributed by atoms with Crippen LogP contribution in [-0.4, -0.2) is 42.8 Å². The van der Waals surface area contributed by atoms with E-state index in [0.29, 0.717) is 17.9 Å². The third kappa shape index (κ3) is 6.92. The second-order valence-electron chi connectivity index (χ2n) is 12.6. The number of unbranched alkanes of at least 4 members (excludes halogenated alkanes) is 1. The van der Waals surface area contributed by atoms with E-state index in [1.54, 1.807) is 10.6 Å². The number of tetrazole rings is 1. The number of carbonyl (C=O) groups excluding carboxylic acids is 1. The SMILES string of the molecule is CCCCc1cc(C(=O)OOC)cc(=O)n1Cc1ccc(-c2ccccc2-c2nnnn2C(c2ccccc2)(c2ccccc2)c2ccccc2)cn1. The van der Waals surface area contributed by atoms with Crippen LogP contribution in [0.5, 0.6) is 0 Å². The molecule has 53 heavy (non-hydrogen) atoms. The van der Waals surface area contributed by atoms with Crippen LogP contribution in [0.25, 0.3) is 22.5 Å². The number of pyridine rings is 2. The Morgan fingerprint density at radius 3 is 1.92 bits per heavy atom. The highest BCUT2D eigenvalue weighted by Crippen LogP contribution is 2.43. The van der Waals surface area contributed by atoms with Crippen molar-refractivity contribution in [3.05, 3.63) is 190 Å². The topological polar surface area (TPSA) is 114 Å². The van der Waals surface area contributed by atoms with Crippen molar-refractivity contribution in [3.63, 3.8) is 0 Å². The van der Waals surface area contributed by atoms with Gasteiger partial charge in [-0.15, -0.1) is 5.10 Å². The predicted molar refractivity (Wildman–Crippen MR) is 202 cm³/mol. The van der Waals surface area contributed by atoms with E-state index in [4.69, 9.17) is 10.2 Å². The third-order valence-electron chi connectivity index (χ3n) is 9.38. The Hall–Kier alpha value is -6.52. The van der Waals surface area contributed by atoms with Crippen molar-refractivity contribution in [1.29, 1.82) is 0 Å². The number of aromatic nitrogens is 6. The van der Waals surface area contributed by atoms with E-state index in [2.05, 4.69) is 63.4 Å². The lowest BCUT2D eigenvalue weighted by Gasteiger charge is -2.36. The minimum Gasteiger partial charge on any atom is -0.307 e. The molecule has 0 spiro atoms. The monoisotopic (exact) mass is 702 g/mol. The van der Waals surface area contributed by atoms with Crippen LogP contribution in [0.4, 0.5) is 0 Å². The lowest BCUT2D eigenvalue weighted by Crippen LogP contribution is -2.39. The fourth-order valence-electron chi connectivity index (χ4n) is 6.89. The van der Waals surface area contributed by atoms with Crippen LogP contribution in [0.15, 0.2) is 151 Å². The normalized spacial score (nSPS) is 11.4. The summed E-state index contributed by atoms with van der Waals surface area (Å²) in [4.78, 5) is 39.6. The van der Waals surface area contributed by atoms with E-state index >= 15 is 0 Å². The third-order valence-corrected chi connectivity index (χ3v) is 9.38. The first kappa shape index (κ1) is 34.9. The summed E-state index contributed by atoms with van der Waals surface area (Å²) in [5.41, 5.74) is 5.95. The maximum atomic E-state index is 13.3. The van der Waals surface area contributed by atoms with Gasteiger partial charge in [0.05, 0.1) is 24.9 Å². The maximum absolute atomic E-state index is 13.3. The minimum absolute atomic E-state index is 0.150. The molecule has 0 N–H and O–H groups in total. The summed E-state index contributed by atoms with van der Waals surface area (Å²) in [6.45, 7) is 2.32. The molecule has 0 saturated heterocycles. The molecule has 0 radical (unpaired) electrons. The first-order valence-corrected chi connectivity index (χ1v) is 17.5. The van der Waals surface area contributed by atoms with Gasteiger partial charge in [-0.3, -0.25) is 14.7 Å². The Kier molecular flexibility index (Phi) is 10.4. The summed E-state index contributed by atoms with van der Waals surface area (Å²) in [6.07, 6.45) is 4.21. The van der Waals surface area contributed by atoms with Crippen molar-refractivity contribution in [3.8, 4) is 22.5 Å². The van der Waals surface area contributed by atoms with Crippen molar-refractivity contribution in [1.82, 2.24) is 29.8 Å². The molecule has 0 atom stereocenters. The lowest BCUT2D eigenvalue weighted by molar-refractivity contribution is -0.216. The fourth-order valence-corrected chi connectivity index (χ4v) is 6.89. The Morgan fingerprint density at radius 1 is 0.755 bits per heavy atom. The van der Waals surface area contributed by atoms with Gasteiger partial charge in [-0.05, 0) is 57.7 Å². The highest BCUT2D eigenvalue weighted by molar-refractivity contribution is 5.89. The zero-order valence-electron chi connectivity index (χ0n) is 29.5. The molecule has 0 bridgehead atoms. The quantitative estimate of drug-likeness (QED) is 0.0689. The van der Waals surface area contributed by atoms with Crippen LogP contribution in [0.3, 0.4) is 0 Å². The maximum Gasteiger partial charge on any atom is 0.373 e. The molecule has 7 rings (SSSR count). The molecule has 0 fully saturated rings. The molecule has 4 aromatic carbocycles. The summed E-state index contributed by atoms with van der Waals surface area (Å²) in [5.74, 6) is -0.129. The van der Waals surface area contributed by atoms with E-state index in [1.807, 2.05) is 102 Å². The minimum atomic E-state index is -0.906. The average Bonchev–Trinajstić information content (AvgIpc) is 3.70. The number of hydrogen-bond acceptors (Lipinski definition) is 8. The summed E-state index contributed by atoms with van der Waals surface area (Å²) in [7, 11) is 1.25. The lowest BCUT2D eigenvalue weighted by atomic mass is 9.77. The number of rotatable bonds is 13. The van der Waals surface area contributed by atoms with Crippen LogP contribution >= 0.6 is 0 Å². The number of carbonyl (C=O) groups is 1. The highest BCUT2D eigenvalue weighted by atomic mass is 17.2. The van der Waals surface area contributed by atoms with Gasteiger partial charge in [0, 0.05) is 29.1 Å². The zero-order valence-corrected chi connectivity index (χ0v) is 29.5. The molecule has 3 heterocycles. The number of nitrogens with zero attached hydrogens (tertiary/aromatic N) is 6. The predicted octanol–water partition coefficient (Wildman–Crippen LogP) is 7.51. The summed E-state index contributed by atoms with van der Waals surface area (Å²) >= 11 is 0. The van der Waals surface area contributed by atoms with Gasteiger partial charge in [0.1, 0.15) is 5.54 Å². The molecule has 0 aliphatic rings. The number of aryl methyl sites for hydroxylation is 1. The summed E-state index contributed by atoms with van der Waals surface area (Å²) < 4.78 is 3.57. The Bertz CT molecular complexity index is 2260. The van der Waals surface area contributed by atoms with E-state index in [1.165, 1.54) is 13.2 Å². The van der Waals surface area contributed by atoms with Gasteiger partial charge in [0.15, 0.2) is 5.82 Å². The molecular weight excluding hydrogens is 665 g/mol. The van der Waals surface area contributed by atoms with E-state index in [9.17, 15) is 9.59 Å². The van der Waals surface area contributed by atoms with Crippen molar-refractivity contribution >= 4 is 5.97 Å². The van der Waals surface area contributed by atoms with Crippen LogP contribution < -0.4 is 5.56 Å². The van der Waals surface area contributed by atoms with E-state index in [-0.39, 0.29) is 17.7 Å². The molecule has 264 valence electrons. The van der Waals surface area contributed by atoms with Crippen LogP contribution in [0, 0.1) is 0 Å². The van der Waals surface area contributed by atoms with Gasteiger partial charge < -0.3 is 4.57 Å². The first-order chi connectivity index (χ1) is 26.0. The van der Waals surface area contributed by atoms with E-state index in [0.717, 1.165) is 51.9 Å². The molecule has 0 unspecified atom stereocenters. The van der Waals surface area contributed by atoms with Crippen LogP contribution in [0.2, 0.25) is 0 Å². The zero-order chi connectivity index (χ0) is 36.6. The average molecular weight is 703 g/mol. The Balaban J connectivity index is 1.30. The fraction of sp³-hybridized carbons (Fsp3) is 0.163. The molecule has 7 aromatic rings. The largest absolute Gasteiger partial charge is 0.373 e. The molecule has 0 aliphatic heterocycles. The number of hydrogen-bond donors (Lipinski definition) is 0. The van der Waals surface area contributed by atoms with Crippen molar-refractivity contribution in [2.24, 2.45) is 0 Å². The smallest absolute Gasteiger partial charge is 0.307 e. The second kappa shape index (κ2) is 15.8. The summed E-state index contributed by atoms with van der Waals surface area (Å²) in [5, 5.41) is 13.7. The molecule has 3 aromatic heterocycles. The molecule has 0 aliphatic carbocycles. The molecule has 10 nitrogen and oxygen atoms in total. The molecular formula is C43H38N6O4. The van der Waals surface area contributed by atoms with Gasteiger partial charge in [-0.25, -0.2) is 9.48 Å². The van der Waals surface area contributed by atoms with Gasteiger partial charge in [-0.1, -0.05) is 135 Å². The standard InChI is InChI=1S/C43H38N6O4/c1-3-4-22-37-27-32(42(51)53-52-2)28-40(50)48(37)30-36-26-25-31(29-44-36)38-23-14-15-24-39(38)41-45-46-47-49(41)43(33-16-8-5-9-17-33,34-18-10-6-11-19-34)35-20-12-7-13-21-35/h5-21,23-29H,3-4,22,30H2,1-2H3. The van der Waals surface area contributed by atoms with Gasteiger partial charge in [0.25, 0.3) is 5.56 Å². The molecule has 0 saturated carbocycles. The van der Waals surface area contributed by atoms with Gasteiger partial charge in [-0.2, -0.15) is 4.89 Å². The van der Waals surface area contributed by atoms with Crippen molar-refractivity contribution in [2.75, 3.05) is 7.11 Å².